The lowest BCUT2D eigenvalue weighted by molar-refractivity contribution is -0.155. The summed E-state index contributed by atoms with van der Waals surface area (Å²) in [5.74, 6) is -1.10. The third-order valence-corrected chi connectivity index (χ3v) is 3.85. The number of aliphatic carboxylic acids is 1. The van der Waals surface area contributed by atoms with Crippen LogP contribution in [0.5, 0.6) is 0 Å². The van der Waals surface area contributed by atoms with Crippen molar-refractivity contribution in [2.24, 2.45) is 0 Å². The van der Waals surface area contributed by atoms with Crippen molar-refractivity contribution in [2.45, 2.75) is 38.0 Å². The quantitative estimate of drug-likeness (QED) is 0.855. The number of carbonyl (C=O) groups is 2. The number of aromatic nitrogens is 1. The van der Waals surface area contributed by atoms with Gasteiger partial charge in [0.1, 0.15) is 6.10 Å². The average molecular weight is 276 g/mol. The summed E-state index contributed by atoms with van der Waals surface area (Å²) in [6, 6.07) is 3.83. The van der Waals surface area contributed by atoms with E-state index in [-0.39, 0.29) is 5.91 Å². The summed E-state index contributed by atoms with van der Waals surface area (Å²) in [6.07, 6.45) is 1.91. The standard InChI is InChI=1S/C14H16N2O4/c17-13(11-3-4-12(20-11)14(18)19)16-7-5-10-9(8-16)2-1-6-15-10/h1-2,6,11-12H,3-5,7-8H2,(H,18,19). The second-order valence-corrected chi connectivity index (χ2v) is 5.15. The van der Waals surface area contributed by atoms with Gasteiger partial charge in [-0.2, -0.15) is 0 Å². The molecule has 1 fully saturated rings. The minimum Gasteiger partial charge on any atom is -0.479 e. The number of nitrogens with zero attached hydrogens (tertiary/aromatic N) is 2. The third kappa shape index (κ3) is 2.38. The highest BCUT2D eigenvalue weighted by atomic mass is 16.5. The van der Waals surface area contributed by atoms with E-state index in [1.165, 1.54) is 0 Å². The van der Waals surface area contributed by atoms with Crippen LogP contribution in [0.1, 0.15) is 24.1 Å². The van der Waals surface area contributed by atoms with E-state index in [1.807, 2.05) is 12.1 Å². The zero-order valence-corrected chi connectivity index (χ0v) is 11.0. The predicted octanol–water partition coefficient (Wildman–Crippen LogP) is 0.598. The van der Waals surface area contributed by atoms with Gasteiger partial charge in [0.15, 0.2) is 6.10 Å². The van der Waals surface area contributed by atoms with Gasteiger partial charge in [-0.1, -0.05) is 6.07 Å². The highest BCUT2D eigenvalue weighted by Gasteiger charge is 2.37. The fraction of sp³-hybridized carbons (Fsp3) is 0.500. The highest BCUT2D eigenvalue weighted by Crippen LogP contribution is 2.24. The molecule has 1 N–H and O–H groups in total. The molecule has 2 aliphatic heterocycles. The van der Waals surface area contributed by atoms with Gasteiger partial charge in [0.05, 0.1) is 0 Å². The summed E-state index contributed by atoms with van der Waals surface area (Å²) in [5, 5.41) is 8.90. The van der Waals surface area contributed by atoms with Crippen LogP contribution in [0.15, 0.2) is 18.3 Å². The van der Waals surface area contributed by atoms with Crippen molar-refractivity contribution in [3.8, 4) is 0 Å². The zero-order valence-electron chi connectivity index (χ0n) is 11.0. The lowest BCUT2D eigenvalue weighted by Crippen LogP contribution is -2.42. The summed E-state index contributed by atoms with van der Waals surface area (Å²) in [4.78, 5) is 29.3. The molecular weight excluding hydrogens is 260 g/mol. The fourth-order valence-corrected chi connectivity index (χ4v) is 2.76. The van der Waals surface area contributed by atoms with Crippen molar-refractivity contribution in [1.82, 2.24) is 9.88 Å². The maximum Gasteiger partial charge on any atom is 0.332 e. The molecule has 0 bridgehead atoms. The Balaban J connectivity index is 1.66. The number of pyridine rings is 1. The van der Waals surface area contributed by atoms with E-state index < -0.39 is 18.2 Å². The van der Waals surface area contributed by atoms with E-state index in [2.05, 4.69) is 4.98 Å². The van der Waals surface area contributed by atoms with Gasteiger partial charge >= 0.3 is 5.97 Å². The molecule has 1 saturated heterocycles. The summed E-state index contributed by atoms with van der Waals surface area (Å²) in [6.45, 7) is 1.14. The Morgan fingerprint density at radius 2 is 2.15 bits per heavy atom. The SMILES string of the molecule is O=C(O)C1CCC(C(=O)N2CCc3ncccc3C2)O1. The van der Waals surface area contributed by atoms with Gasteiger partial charge in [0.25, 0.3) is 5.91 Å². The predicted molar refractivity (Wildman–Crippen MR) is 68.9 cm³/mol. The Hall–Kier alpha value is -1.95. The molecule has 2 atom stereocenters. The van der Waals surface area contributed by atoms with Crippen LogP contribution >= 0.6 is 0 Å². The first-order chi connectivity index (χ1) is 9.65. The normalized spacial score (nSPS) is 25.3. The number of ether oxygens (including phenoxy) is 1. The Kier molecular flexibility index (Phi) is 3.40. The molecule has 3 rings (SSSR count). The molecule has 0 aliphatic carbocycles. The van der Waals surface area contributed by atoms with E-state index in [4.69, 9.17) is 9.84 Å². The number of hydrogen-bond acceptors (Lipinski definition) is 4. The van der Waals surface area contributed by atoms with Gasteiger partial charge in [0.2, 0.25) is 0 Å². The van der Waals surface area contributed by atoms with Crippen molar-refractivity contribution in [1.29, 1.82) is 0 Å². The number of carboxylic acids is 1. The minimum absolute atomic E-state index is 0.108. The van der Waals surface area contributed by atoms with Gasteiger partial charge < -0.3 is 14.7 Å². The number of hydrogen-bond donors (Lipinski definition) is 1. The molecule has 0 radical (unpaired) electrons. The molecule has 20 heavy (non-hydrogen) atoms. The molecule has 2 unspecified atom stereocenters. The van der Waals surface area contributed by atoms with Crippen LogP contribution in [0.4, 0.5) is 0 Å². The van der Waals surface area contributed by atoms with Crippen molar-refractivity contribution >= 4 is 11.9 Å². The highest BCUT2D eigenvalue weighted by molar-refractivity contribution is 5.83. The molecule has 0 saturated carbocycles. The number of carboxylic acid groups (broad SMARTS) is 1. The lowest BCUT2D eigenvalue weighted by Gasteiger charge is -2.30. The van der Waals surface area contributed by atoms with E-state index >= 15 is 0 Å². The van der Waals surface area contributed by atoms with E-state index in [1.54, 1.807) is 11.1 Å². The monoisotopic (exact) mass is 276 g/mol. The first-order valence-electron chi connectivity index (χ1n) is 6.75. The summed E-state index contributed by atoms with van der Waals surface area (Å²) in [7, 11) is 0. The minimum atomic E-state index is -0.992. The molecule has 1 aromatic rings. The Morgan fingerprint density at radius 3 is 2.90 bits per heavy atom. The van der Waals surface area contributed by atoms with Gasteiger partial charge in [-0.05, 0) is 24.5 Å². The summed E-state index contributed by atoms with van der Waals surface area (Å²) < 4.78 is 5.32. The van der Waals surface area contributed by atoms with Crippen molar-refractivity contribution in [2.75, 3.05) is 6.54 Å². The molecule has 6 nitrogen and oxygen atoms in total. The lowest BCUT2D eigenvalue weighted by atomic mass is 10.0. The first kappa shape index (κ1) is 13.1. The number of carbonyl (C=O) groups excluding carboxylic acids is 1. The molecule has 106 valence electrons. The van der Waals surface area contributed by atoms with Crippen LogP contribution < -0.4 is 0 Å². The molecule has 0 spiro atoms. The van der Waals surface area contributed by atoms with Gasteiger partial charge in [-0.25, -0.2) is 4.79 Å². The van der Waals surface area contributed by atoms with E-state index in [0.717, 1.165) is 17.7 Å². The molecule has 3 heterocycles. The Labute approximate surface area is 116 Å². The van der Waals surface area contributed by atoms with Gasteiger partial charge in [-0.3, -0.25) is 9.78 Å². The Bertz CT molecular complexity index is 546. The molecule has 1 amide bonds. The van der Waals surface area contributed by atoms with E-state index in [0.29, 0.717) is 25.9 Å². The van der Waals surface area contributed by atoms with Crippen LogP contribution in [0.2, 0.25) is 0 Å². The maximum atomic E-state index is 12.4. The third-order valence-electron chi connectivity index (χ3n) is 3.85. The van der Waals surface area contributed by atoms with Crippen LogP contribution in [0, 0.1) is 0 Å². The summed E-state index contributed by atoms with van der Waals surface area (Å²) in [5.41, 5.74) is 2.09. The van der Waals surface area contributed by atoms with Crippen molar-refractivity contribution in [3.05, 3.63) is 29.6 Å². The number of fused-ring (bicyclic) bond motifs is 1. The maximum absolute atomic E-state index is 12.4. The van der Waals surface area contributed by atoms with Crippen molar-refractivity contribution < 1.29 is 19.4 Å². The van der Waals surface area contributed by atoms with Crippen LogP contribution in [0.25, 0.3) is 0 Å². The van der Waals surface area contributed by atoms with Gasteiger partial charge in [0, 0.05) is 31.4 Å². The van der Waals surface area contributed by atoms with Crippen LogP contribution in [-0.2, 0) is 27.3 Å². The zero-order chi connectivity index (χ0) is 14.1. The van der Waals surface area contributed by atoms with Crippen LogP contribution in [-0.4, -0.2) is 45.6 Å². The second-order valence-electron chi connectivity index (χ2n) is 5.15. The molecule has 2 aliphatic rings. The largest absolute Gasteiger partial charge is 0.479 e. The second kappa shape index (κ2) is 5.20. The number of amides is 1. The number of rotatable bonds is 2. The topological polar surface area (TPSA) is 79.7 Å². The van der Waals surface area contributed by atoms with E-state index in [9.17, 15) is 9.59 Å². The smallest absolute Gasteiger partial charge is 0.332 e. The molecule has 1 aromatic heterocycles. The Morgan fingerprint density at radius 1 is 1.35 bits per heavy atom. The molecular formula is C14H16N2O4. The van der Waals surface area contributed by atoms with Gasteiger partial charge in [-0.15, -0.1) is 0 Å². The fourth-order valence-electron chi connectivity index (χ4n) is 2.76. The molecule has 6 heteroatoms. The van der Waals surface area contributed by atoms with Crippen LogP contribution in [0.3, 0.4) is 0 Å². The van der Waals surface area contributed by atoms with Crippen molar-refractivity contribution in [3.63, 3.8) is 0 Å². The molecule has 0 aromatic carbocycles. The summed E-state index contributed by atoms with van der Waals surface area (Å²) >= 11 is 0. The average Bonchev–Trinajstić information content (AvgIpc) is 2.96. The first-order valence-corrected chi connectivity index (χ1v) is 6.75.